The Balaban J connectivity index is 1.13. The predicted octanol–water partition coefficient (Wildman–Crippen LogP) is 6.22. The van der Waals surface area contributed by atoms with Crippen LogP contribution in [0.15, 0.2) is 110 Å². The van der Waals surface area contributed by atoms with Gasteiger partial charge >= 0.3 is 0 Å². The lowest BCUT2D eigenvalue weighted by molar-refractivity contribution is -0.276. The number of aromatic nitrogens is 4. The fraction of sp³-hybridized carbons (Fsp3) is 0.200. The van der Waals surface area contributed by atoms with E-state index in [9.17, 15) is 9.90 Å². The van der Waals surface area contributed by atoms with Gasteiger partial charge in [0.2, 0.25) is 0 Å². The monoisotopic (exact) mass is 585 g/mol. The highest BCUT2D eigenvalue weighted by Crippen LogP contribution is 2.42. The minimum absolute atomic E-state index is 0.0141. The number of ether oxygens (including phenoxy) is 2. The topological polar surface area (TPSA) is 111 Å². The maximum Gasteiger partial charge on any atom is 0.275 e. The minimum atomic E-state index is -0.635. The molecule has 0 bridgehead atoms. The van der Waals surface area contributed by atoms with Crippen molar-refractivity contribution in [3.63, 3.8) is 0 Å². The Morgan fingerprint density at radius 2 is 1.55 bits per heavy atom. The van der Waals surface area contributed by atoms with Crippen molar-refractivity contribution in [2.45, 2.75) is 38.6 Å². The first kappa shape index (κ1) is 27.8. The fourth-order valence-electron chi connectivity index (χ4n) is 5.66. The lowest BCUT2D eigenvalue weighted by Crippen LogP contribution is -2.39. The molecule has 0 unspecified atom stereocenters. The van der Waals surface area contributed by atoms with Gasteiger partial charge in [0.25, 0.3) is 5.91 Å². The molecule has 0 saturated carbocycles. The van der Waals surface area contributed by atoms with E-state index in [1.54, 1.807) is 0 Å². The van der Waals surface area contributed by atoms with Gasteiger partial charge in [0.1, 0.15) is 5.69 Å². The Hall–Kier alpha value is -4.96. The van der Waals surface area contributed by atoms with Crippen LogP contribution in [-0.2, 0) is 22.6 Å². The van der Waals surface area contributed by atoms with Gasteiger partial charge in [-0.25, -0.2) is 9.97 Å². The molecule has 2 aromatic heterocycles. The number of carbonyl (C=O) groups is 1. The molecule has 1 aliphatic heterocycles. The van der Waals surface area contributed by atoms with Crippen LogP contribution in [0.5, 0.6) is 0 Å². The van der Waals surface area contributed by atoms with Gasteiger partial charge in [-0.05, 0) is 47.5 Å². The zero-order chi connectivity index (χ0) is 30.0. The van der Waals surface area contributed by atoms with Crippen LogP contribution < -0.4 is 5.32 Å². The molecule has 0 aliphatic carbocycles. The number of carbonyl (C=O) groups excluding carboxylic acids is 1. The summed E-state index contributed by atoms with van der Waals surface area (Å²) in [5.41, 5.74) is 6.94. The molecule has 0 radical (unpaired) electrons. The average Bonchev–Trinajstić information content (AvgIpc) is 3.48. The summed E-state index contributed by atoms with van der Waals surface area (Å²) in [6, 6.07) is 30.8. The van der Waals surface area contributed by atoms with E-state index in [-0.39, 0.29) is 36.3 Å². The third-order valence-corrected chi connectivity index (χ3v) is 8.15. The number of imidazole rings is 1. The molecular formula is C35H31N5O4. The second-order valence-corrected chi connectivity index (χ2v) is 11.0. The summed E-state index contributed by atoms with van der Waals surface area (Å²) < 4.78 is 15.3. The van der Waals surface area contributed by atoms with E-state index in [2.05, 4.69) is 37.8 Å². The summed E-state index contributed by atoms with van der Waals surface area (Å²) in [5, 5.41) is 12.5. The highest BCUT2D eigenvalue weighted by Gasteiger charge is 2.38. The number of aliphatic hydroxyl groups is 1. The summed E-state index contributed by atoms with van der Waals surface area (Å²) in [6.45, 7) is 2.73. The van der Waals surface area contributed by atoms with E-state index < -0.39 is 6.29 Å². The number of nitrogens with zero attached hydrogens (tertiary/aromatic N) is 4. The average molecular weight is 586 g/mol. The van der Waals surface area contributed by atoms with E-state index in [1.807, 2.05) is 97.3 Å². The highest BCUT2D eigenvalue weighted by molar-refractivity contribution is 6.03. The number of para-hydroxylation sites is 4. The molecule has 1 amide bonds. The van der Waals surface area contributed by atoms with Gasteiger partial charge in [0.15, 0.2) is 6.29 Å². The smallest absolute Gasteiger partial charge is 0.275 e. The summed E-state index contributed by atoms with van der Waals surface area (Å²) >= 11 is 0. The first-order valence-corrected chi connectivity index (χ1v) is 14.6. The molecule has 1 aliphatic rings. The lowest BCUT2D eigenvalue weighted by atomic mass is 9.90. The quantitative estimate of drug-likeness (QED) is 0.229. The molecule has 44 heavy (non-hydrogen) atoms. The van der Waals surface area contributed by atoms with Crippen molar-refractivity contribution in [2.24, 2.45) is 5.92 Å². The largest absolute Gasteiger partial charge is 0.392 e. The van der Waals surface area contributed by atoms with Crippen LogP contribution in [-0.4, -0.2) is 36.6 Å². The summed E-state index contributed by atoms with van der Waals surface area (Å²) in [5.74, 6) is -0.317. The Labute approximate surface area is 254 Å². The van der Waals surface area contributed by atoms with Crippen molar-refractivity contribution in [1.29, 1.82) is 0 Å². The third-order valence-electron chi connectivity index (χ3n) is 8.15. The number of rotatable bonds is 7. The first-order chi connectivity index (χ1) is 21.6. The molecule has 220 valence electrons. The number of nitrogens with one attached hydrogen (secondary N) is 1. The van der Waals surface area contributed by atoms with Gasteiger partial charge in [0.05, 0.1) is 60.0 Å². The number of hydrogen-bond acceptors (Lipinski definition) is 7. The standard InChI is InChI=1S/C35H31N5O4/c1-22-32(19-40-21-37-29-8-4-5-9-31(29)40)43-35(44-33(22)24-12-10-23(20-41)11-13-24)25-14-16-26(17-15-25)38-34(42)30-18-36-27-6-2-3-7-28(27)39-30/h2-18,21-22,32-33,35,41H,19-20H2,1H3,(H,38,42)/t22-,32+,33+,35+/m0/s1. The zero-order valence-electron chi connectivity index (χ0n) is 24.1. The van der Waals surface area contributed by atoms with Crippen LogP contribution in [0.1, 0.15) is 46.5 Å². The van der Waals surface area contributed by atoms with Crippen LogP contribution in [0.25, 0.3) is 22.1 Å². The summed E-state index contributed by atoms with van der Waals surface area (Å²) in [4.78, 5) is 26.3. The maximum absolute atomic E-state index is 12.9. The van der Waals surface area contributed by atoms with Gasteiger partial charge < -0.3 is 24.5 Å². The van der Waals surface area contributed by atoms with Crippen LogP contribution in [0.4, 0.5) is 5.69 Å². The number of benzene rings is 4. The SMILES string of the molecule is C[C@H]1[C@@H](Cn2cnc3ccccc32)O[C@@H](c2ccc(NC(=O)c3cnc4ccccc4n3)cc2)O[C@H]1c1ccc(CO)cc1. The van der Waals surface area contributed by atoms with E-state index >= 15 is 0 Å². The number of amides is 1. The normalized spacial score (nSPS) is 20.1. The maximum atomic E-state index is 12.9. The summed E-state index contributed by atoms with van der Waals surface area (Å²) in [6.07, 6.45) is 2.28. The van der Waals surface area contributed by atoms with Gasteiger partial charge in [-0.15, -0.1) is 0 Å². The Bertz CT molecular complexity index is 1920. The number of aliphatic hydroxyl groups excluding tert-OH is 1. The highest BCUT2D eigenvalue weighted by atomic mass is 16.7. The molecule has 6 aromatic rings. The van der Waals surface area contributed by atoms with E-state index in [1.165, 1.54) is 6.20 Å². The fourth-order valence-corrected chi connectivity index (χ4v) is 5.66. The molecule has 4 atom stereocenters. The molecular weight excluding hydrogens is 554 g/mol. The van der Waals surface area contributed by atoms with E-state index in [0.717, 1.165) is 33.2 Å². The van der Waals surface area contributed by atoms with Gasteiger partial charge in [-0.3, -0.25) is 9.78 Å². The Morgan fingerprint density at radius 3 is 2.32 bits per heavy atom. The van der Waals surface area contributed by atoms with Crippen molar-refractivity contribution in [3.8, 4) is 0 Å². The van der Waals surface area contributed by atoms with E-state index in [4.69, 9.17) is 9.47 Å². The molecule has 2 N–H and O–H groups in total. The molecule has 0 spiro atoms. The molecule has 3 heterocycles. The first-order valence-electron chi connectivity index (χ1n) is 14.6. The minimum Gasteiger partial charge on any atom is -0.392 e. The van der Waals surface area contributed by atoms with Crippen LogP contribution in [0.2, 0.25) is 0 Å². The van der Waals surface area contributed by atoms with Crippen molar-refractivity contribution in [3.05, 3.63) is 132 Å². The van der Waals surface area contributed by atoms with Gasteiger partial charge in [-0.1, -0.05) is 67.6 Å². The Kier molecular flexibility index (Phi) is 7.57. The van der Waals surface area contributed by atoms with Crippen molar-refractivity contribution in [1.82, 2.24) is 19.5 Å². The van der Waals surface area contributed by atoms with Crippen LogP contribution >= 0.6 is 0 Å². The van der Waals surface area contributed by atoms with Crippen molar-refractivity contribution >= 4 is 33.7 Å². The lowest BCUT2D eigenvalue weighted by Gasteiger charge is -2.41. The van der Waals surface area contributed by atoms with Crippen LogP contribution in [0, 0.1) is 5.92 Å². The zero-order valence-corrected chi connectivity index (χ0v) is 24.1. The van der Waals surface area contributed by atoms with E-state index in [0.29, 0.717) is 17.7 Å². The molecule has 4 aromatic carbocycles. The summed E-state index contributed by atoms with van der Waals surface area (Å²) in [7, 11) is 0. The van der Waals surface area contributed by atoms with Gasteiger partial charge in [-0.2, -0.15) is 0 Å². The van der Waals surface area contributed by atoms with Gasteiger partial charge in [0, 0.05) is 17.2 Å². The number of anilines is 1. The Morgan fingerprint density at radius 1 is 0.841 bits per heavy atom. The third kappa shape index (κ3) is 5.56. The molecule has 1 fully saturated rings. The van der Waals surface area contributed by atoms with Crippen molar-refractivity contribution < 1.29 is 19.4 Å². The molecule has 9 nitrogen and oxygen atoms in total. The van der Waals surface area contributed by atoms with Crippen LogP contribution in [0.3, 0.4) is 0 Å². The molecule has 1 saturated heterocycles. The predicted molar refractivity (Wildman–Crippen MR) is 167 cm³/mol. The second-order valence-electron chi connectivity index (χ2n) is 11.0. The molecule has 9 heteroatoms. The van der Waals surface area contributed by atoms with Crippen molar-refractivity contribution in [2.75, 3.05) is 5.32 Å². The number of hydrogen-bond donors (Lipinski definition) is 2. The number of fused-ring (bicyclic) bond motifs is 2. The second kappa shape index (κ2) is 12.0. The molecule has 7 rings (SSSR count).